The summed E-state index contributed by atoms with van der Waals surface area (Å²) in [5, 5.41) is 9.99. The van der Waals surface area contributed by atoms with E-state index in [2.05, 4.69) is 0 Å². The summed E-state index contributed by atoms with van der Waals surface area (Å²) in [6.45, 7) is 3.88. The fourth-order valence-corrected chi connectivity index (χ4v) is 1.81. The highest BCUT2D eigenvalue weighted by molar-refractivity contribution is 7.80. The van der Waals surface area contributed by atoms with Gasteiger partial charge in [-0.15, -0.1) is 0 Å². The SMILES string of the molecule is COc1cccc(C(=O)N(CC(N)=S)C(C)C)c1O. The van der Waals surface area contributed by atoms with Crippen molar-refractivity contribution in [1.29, 1.82) is 0 Å². The molecule has 0 aliphatic rings. The van der Waals surface area contributed by atoms with Gasteiger partial charge in [-0.3, -0.25) is 4.79 Å². The molecule has 1 amide bonds. The Balaban J connectivity index is 3.13. The summed E-state index contributed by atoms with van der Waals surface area (Å²) < 4.78 is 4.99. The van der Waals surface area contributed by atoms with Crippen LogP contribution >= 0.6 is 12.2 Å². The molecule has 5 nitrogen and oxygen atoms in total. The highest BCUT2D eigenvalue weighted by Crippen LogP contribution is 2.30. The van der Waals surface area contributed by atoms with E-state index in [4.69, 9.17) is 22.7 Å². The van der Waals surface area contributed by atoms with Gasteiger partial charge in [0, 0.05) is 6.04 Å². The highest BCUT2D eigenvalue weighted by atomic mass is 32.1. The van der Waals surface area contributed by atoms with E-state index in [1.807, 2.05) is 13.8 Å². The number of benzene rings is 1. The molecule has 0 aliphatic carbocycles. The van der Waals surface area contributed by atoms with Crippen molar-refractivity contribution in [1.82, 2.24) is 4.90 Å². The predicted molar refractivity (Wildman–Crippen MR) is 77.6 cm³/mol. The third-order valence-electron chi connectivity index (χ3n) is 2.66. The smallest absolute Gasteiger partial charge is 0.258 e. The van der Waals surface area contributed by atoms with Crippen molar-refractivity contribution in [3.63, 3.8) is 0 Å². The molecule has 0 fully saturated rings. The molecule has 1 aromatic carbocycles. The van der Waals surface area contributed by atoms with Gasteiger partial charge in [-0.25, -0.2) is 0 Å². The predicted octanol–water partition coefficient (Wildman–Crippen LogP) is 1.54. The number of amides is 1. The van der Waals surface area contributed by atoms with Crippen LogP contribution in [-0.4, -0.2) is 40.6 Å². The van der Waals surface area contributed by atoms with Gasteiger partial charge in [0.2, 0.25) is 0 Å². The number of thiocarbonyl (C=S) groups is 1. The lowest BCUT2D eigenvalue weighted by Crippen LogP contribution is -2.42. The van der Waals surface area contributed by atoms with Gasteiger partial charge in [-0.05, 0) is 26.0 Å². The van der Waals surface area contributed by atoms with Gasteiger partial charge in [-0.2, -0.15) is 0 Å². The number of nitrogens with two attached hydrogens (primary N) is 1. The van der Waals surface area contributed by atoms with E-state index in [-0.39, 0.29) is 40.5 Å². The molecule has 1 aromatic rings. The van der Waals surface area contributed by atoms with Crippen molar-refractivity contribution in [2.45, 2.75) is 19.9 Å². The van der Waals surface area contributed by atoms with Gasteiger partial charge in [0.15, 0.2) is 11.5 Å². The first-order valence-electron chi connectivity index (χ1n) is 5.83. The lowest BCUT2D eigenvalue weighted by atomic mass is 10.1. The Bertz CT molecular complexity index is 489. The summed E-state index contributed by atoms with van der Waals surface area (Å²) in [4.78, 5) is 14.1. The molecule has 3 N–H and O–H groups in total. The third kappa shape index (κ3) is 3.57. The molecule has 0 bridgehead atoms. The van der Waals surface area contributed by atoms with E-state index in [1.54, 1.807) is 12.1 Å². The van der Waals surface area contributed by atoms with Gasteiger partial charge in [0.1, 0.15) is 0 Å². The number of carbonyl (C=O) groups is 1. The monoisotopic (exact) mass is 282 g/mol. The number of aromatic hydroxyl groups is 1. The summed E-state index contributed by atoms with van der Waals surface area (Å²) in [5.74, 6) is -0.257. The summed E-state index contributed by atoms with van der Waals surface area (Å²) in [5.41, 5.74) is 5.66. The Morgan fingerprint density at radius 3 is 2.63 bits per heavy atom. The van der Waals surface area contributed by atoms with Crippen LogP contribution in [0, 0.1) is 0 Å². The molecule has 104 valence electrons. The van der Waals surface area contributed by atoms with E-state index >= 15 is 0 Å². The average Bonchev–Trinajstić information content (AvgIpc) is 2.35. The number of ether oxygens (including phenoxy) is 1. The molecular weight excluding hydrogens is 264 g/mol. The van der Waals surface area contributed by atoms with Crippen LogP contribution in [-0.2, 0) is 0 Å². The van der Waals surface area contributed by atoms with E-state index in [1.165, 1.54) is 18.1 Å². The van der Waals surface area contributed by atoms with Crippen molar-refractivity contribution >= 4 is 23.1 Å². The van der Waals surface area contributed by atoms with Crippen LogP contribution in [0.2, 0.25) is 0 Å². The van der Waals surface area contributed by atoms with Crippen molar-refractivity contribution in [2.75, 3.05) is 13.7 Å². The number of carbonyl (C=O) groups excluding carboxylic acids is 1. The van der Waals surface area contributed by atoms with Crippen LogP contribution < -0.4 is 10.5 Å². The number of phenolic OH excluding ortho intramolecular Hbond substituents is 1. The second-order valence-electron chi connectivity index (χ2n) is 4.35. The van der Waals surface area contributed by atoms with Crippen molar-refractivity contribution in [3.8, 4) is 11.5 Å². The zero-order valence-corrected chi connectivity index (χ0v) is 12.0. The standard InChI is InChI=1S/C13H18N2O3S/c1-8(2)15(7-11(14)19)13(17)9-5-4-6-10(18-3)12(9)16/h4-6,8,16H,7H2,1-3H3,(H2,14,19). The van der Waals surface area contributed by atoms with E-state index in [9.17, 15) is 9.90 Å². The Hall–Kier alpha value is -1.82. The summed E-state index contributed by atoms with van der Waals surface area (Å²) in [6.07, 6.45) is 0. The number of methoxy groups -OCH3 is 1. The normalized spacial score (nSPS) is 10.3. The molecule has 0 heterocycles. The van der Waals surface area contributed by atoms with Gasteiger partial charge < -0.3 is 20.5 Å². The lowest BCUT2D eigenvalue weighted by molar-refractivity contribution is 0.0732. The molecule has 0 saturated heterocycles. The van der Waals surface area contributed by atoms with Crippen molar-refractivity contribution < 1.29 is 14.6 Å². The average molecular weight is 282 g/mol. The third-order valence-corrected chi connectivity index (χ3v) is 2.79. The molecule has 0 saturated carbocycles. The zero-order valence-electron chi connectivity index (χ0n) is 11.2. The molecule has 0 unspecified atom stereocenters. The fraction of sp³-hybridized carbons (Fsp3) is 0.385. The van der Waals surface area contributed by atoms with E-state index in [0.717, 1.165) is 0 Å². The topological polar surface area (TPSA) is 75.8 Å². The van der Waals surface area contributed by atoms with Gasteiger partial charge >= 0.3 is 0 Å². The van der Waals surface area contributed by atoms with Crippen molar-refractivity contribution in [2.24, 2.45) is 5.73 Å². The highest BCUT2D eigenvalue weighted by Gasteiger charge is 2.23. The molecule has 19 heavy (non-hydrogen) atoms. The van der Waals surface area contributed by atoms with Gasteiger partial charge in [0.25, 0.3) is 5.91 Å². The largest absolute Gasteiger partial charge is 0.504 e. The Morgan fingerprint density at radius 1 is 1.53 bits per heavy atom. The minimum Gasteiger partial charge on any atom is -0.504 e. The molecular formula is C13H18N2O3S. The molecule has 0 radical (unpaired) electrons. The van der Waals surface area contributed by atoms with Crippen molar-refractivity contribution in [3.05, 3.63) is 23.8 Å². The maximum atomic E-state index is 12.4. The second-order valence-corrected chi connectivity index (χ2v) is 4.87. The summed E-state index contributed by atoms with van der Waals surface area (Å²) in [6, 6.07) is 4.68. The molecule has 6 heteroatoms. The quantitative estimate of drug-likeness (QED) is 0.801. The molecule has 0 aliphatic heterocycles. The van der Waals surface area contributed by atoms with E-state index < -0.39 is 0 Å². The van der Waals surface area contributed by atoms with Crippen LogP contribution in [0.15, 0.2) is 18.2 Å². The Kier molecular flexibility index (Phi) is 5.11. The molecule has 0 atom stereocenters. The Morgan fingerprint density at radius 2 is 2.16 bits per heavy atom. The lowest BCUT2D eigenvalue weighted by Gasteiger charge is -2.26. The van der Waals surface area contributed by atoms with Gasteiger partial charge in [0.05, 0.1) is 24.2 Å². The minimum atomic E-state index is -0.334. The molecule has 0 aromatic heterocycles. The van der Waals surface area contributed by atoms with Crippen LogP contribution in [0.1, 0.15) is 24.2 Å². The number of phenols is 1. The van der Waals surface area contributed by atoms with E-state index in [0.29, 0.717) is 0 Å². The number of hydrogen-bond acceptors (Lipinski definition) is 4. The number of para-hydroxylation sites is 1. The van der Waals surface area contributed by atoms with Crippen LogP contribution in [0.25, 0.3) is 0 Å². The van der Waals surface area contributed by atoms with Crippen LogP contribution in [0.4, 0.5) is 0 Å². The first-order valence-corrected chi connectivity index (χ1v) is 6.24. The number of hydrogen-bond donors (Lipinski definition) is 2. The minimum absolute atomic E-state index is 0.0837. The summed E-state index contributed by atoms with van der Waals surface area (Å²) in [7, 11) is 1.43. The second kappa shape index (κ2) is 6.38. The molecule has 0 spiro atoms. The maximum absolute atomic E-state index is 12.4. The zero-order chi connectivity index (χ0) is 14.6. The maximum Gasteiger partial charge on any atom is 0.258 e. The fourth-order valence-electron chi connectivity index (χ4n) is 1.67. The molecule has 1 rings (SSSR count). The van der Waals surface area contributed by atoms with Crippen LogP contribution in [0.3, 0.4) is 0 Å². The van der Waals surface area contributed by atoms with Gasteiger partial charge in [-0.1, -0.05) is 18.3 Å². The first kappa shape index (κ1) is 15.2. The van der Waals surface area contributed by atoms with Crippen LogP contribution in [0.5, 0.6) is 11.5 Å². The number of rotatable bonds is 5. The number of nitrogens with zero attached hydrogens (tertiary/aromatic N) is 1. The Labute approximate surface area is 118 Å². The first-order chi connectivity index (χ1) is 8.88. The summed E-state index contributed by atoms with van der Waals surface area (Å²) >= 11 is 4.84.